The molecule has 2 saturated heterocycles. The molecule has 0 saturated carbocycles. The number of piperidine rings is 1. The van der Waals surface area contributed by atoms with E-state index in [0.717, 1.165) is 13.1 Å². The number of ether oxygens (including phenoxy) is 2. The molecule has 0 aromatic heterocycles. The zero-order valence-corrected chi connectivity index (χ0v) is 11.7. The van der Waals surface area contributed by atoms with Crippen molar-refractivity contribution in [2.75, 3.05) is 46.5 Å². The van der Waals surface area contributed by atoms with Crippen molar-refractivity contribution in [1.82, 2.24) is 9.80 Å². The molecule has 0 bridgehead atoms. The molecule has 2 heterocycles. The van der Waals surface area contributed by atoms with Gasteiger partial charge in [-0.3, -0.25) is 4.90 Å². The zero-order chi connectivity index (χ0) is 14.5. The molecule has 7 heteroatoms. The summed E-state index contributed by atoms with van der Waals surface area (Å²) in [6.45, 7) is 4.02. The van der Waals surface area contributed by atoms with Crippen molar-refractivity contribution in [1.29, 1.82) is 0 Å². The van der Waals surface area contributed by atoms with Crippen molar-refractivity contribution in [2.24, 2.45) is 5.92 Å². The fourth-order valence-corrected chi connectivity index (χ4v) is 2.88. The maximum Gasteiger partial charge on any atom is 0.409 e. The Hall–Kier alpha value is -1.34. The van der Waals surface area contributed by atoms with E-state index in [0.29, 0.717) is 39.1 Å². The van der Waals surface area contributed by atoms with Crippen molar-refractivity contribution in [3.8, 4) is 0 Å². The van der Waals surface area contributed by atoms with Crippen molar-refractivity contribution >= 4 is 12.1 Å². The van der Waals surface area contributed by atoms with Gasteiger partial charge in [-0.1, -0.05) is 0 Å². The molecule has 0 aromatic rings. The quantitative estimate of drug-likeness (QED) is 0.656. The SMILES string of the molecule is COC(=O)N1CCC(C(=O)[O-])CC1CN1CCOCC1. The fraction of sp³-hybridized carbons (Fsp3) is 0.846. The van der Waals surface area contributed by atoms with Crippen LogP contribution in [-0.2, 0) is 14.3 Å². The van der Waals surface area contributed by atoms with Crippen LogP contribution in [0.5, 0.6) is 0 Å². The molecule has 2 unspecified atom stereocenters. The number of nitrogens with zero attached hydrogens (tertiary/aromatic N) is 2. The van der Waals surface area contributed by atoms with Crippen LogP contribution in [0.3, 0.4) is 0 Å². The molecule has 2 aliphatic rings. The lowest BCUT2D eigenvalue weighted by Gasteiger charge is -2.41. The normalized spacial score (nSPS) is 28.1. The Bertz CT molecular complexity index is 357. The summed E-state index contributed by atoms with van der Waals surface area (Å²) in [6.07, 6.45) is 0.464. The Morgan fingerprint density at radius 2 is 2.00 bits per heavy atom. The largest absolute Gasteiger partial charge is 0.550 e. The highest BCUT2D eigenvalue weighted by atomic mass is 16.5. The van der Waals surface area contributed by atoms with Gasteiger partial charge >= 0.3 is 6.09 Å². The first-order chi connectivity index (χ1) is 9.61. The van der Waals surface area contributed by atoms with Gasteiger partial charge in [0.25, 0.3) is 0 Å². The third kappa shape index (κ3) is 3.61. The molecule has 114 valence electrons. The van der Waals surface area contributed by atoms with Crippen LogP contribution in [0, 0.1) is 5.92 Å². The minimum Gasteiger partial charge on any atom is -0.550 e. The van der Waals surface area contributed by atoms with Crippen LogP contribution in [0.2, 0.25) is 0 Å². The van der Waals surface area contributed by atoms with Crippen LogP contribution in [-0.4, -0.2) is 74.4 Å². The lowest BCUT2D eigenvalue weighted by molar-refractivity contribution is -0.313. The van der Waals surface area contributed by atoms with Gasteiger partial charge in [0.1, 0.15) is 0 Å². The number of aliphatic carboxylic acids is 1. The smallest absolute Gasteiger partial charge is 0.409 e. The number of methoxy groups -OCH3 is 1. The monoisotopic (exact) mass is 285 g/mol. The highest BCUT2D eigenvalue weighted by molar-refractivity contribution is 5.70. The molecule has 2 rings (SSSR count). The second-order valence-corrected chi connectivity index (χ2v) is 5.27. The van der Waals surface area contributed by atoms with E-state index in [2.05, 4.69) is 4.90 Å². The number of likely N-dealkylation sites (tertiary alicyclic amines) is 1. The number of hydrogen-bond acceptors (Lipinski definition) is 6. The van der Waals surface area contributed by atoms with E-state index in [9.17, 15) is 14.7 Å². The Labute approximate surface area is 118 Å². The van der Waals surface area contributed by atoms with E-state index in [-0.39, 0.29) is 12.1 Å². The summed E-state index contributed by atoms with van der Waals surface area (Å²) in [4.78, 5) is 26.7. The fourth-order valence-electron chi connectivity index (χ4n) is 2.88. The maximum absolute atomic E-state index is 11.8. The van der Waals surface area contributed by atoms with Gasteiger partial charge in [-0.2, -0.15) is 0 Å². The standard InChI is InChI=1S/C13H22N2O5/c1-19-13(18)15-3-2-10(12(16)17)8-11(15)9-14-4-6-20-7-5-14/h10-11H,2-9H2,1H3,(H,16,17)/p-1. The average Bonchev–Trinajstić information content (AvgIpc) is 2.47. The lowest BCUT2D eigenvalue weighted by atomic mass is 9.90. The third-order valence-corrected chi connectivity index (χ3v) is 4.03. The molecule has 1 amide bonds. The first-order valence-corrected chi connectivity index (χ1v) is 6.97. The van der Waals surface area contributed by atoms with Gasteiger partial charge in [-0.25, -0.2) is 4.79 Å². The number of carbonyl (C=O) groups excluding carboxylic acids is 2. The Balaban J connectivity index is 2.00. The van der Waals surface area contributed by atoms with Crippen LogP contribution < -0.4 is 5.11 Å². The molecule has 0 aromatic carbocycles. The van der Waals surface area contributed by atoms with Crippen molar-refractivity contribution in [2.45, 2.75) is 18.9 Å². The van der Waals surface area contributed by atoms with Gasteiger partial charge < -0.3 is 24.3 Å². The van der Waals surface area contributed by atoms with Crippen LogP contribution in [0.15, 0.2) is 0 Å². The first kappa shape index (κ1) is 15.1. The van der Waals surface area contributed by atoms with Crippen LogP contribution in [0.25, 0.3) is 0 Å². The highest BCUT2D eigenvalue weighted by Crippen LogP contribution is 2.24. The minimum absolute atomic E-state index is 0.141. The molecule has 7 nitrogen and oxygen atoms in total. The molecule has 2 fully saturated rings. The second-order valence-electron chi connectivity index (χ2n) is 5.27. The van der Waals surface area contributed by atoms with E-state index >= 15 is 0 Å². The van der Waals surface area contributed by atoms with E-state index in [1.807, 2.05) is 0 Å². The van der Waals surface area contributed by atoms with Gasteiger partial charge in [0.05, 0.1) is 20.3 Å². The van der Waals surface area contributed by atoms with Gasteiger partial charge in [0, 0.05) is 44.1 Å². The minimum atomic E-state index is -1.03. The van der Waals surface area contributed by atoms with Gasteiger partial charge in [-0.15, -0.1) is 0 Å². The Morgan fingerprint density at radius 3 is 2.60 bits per heavy atom. The number of carbonyl (C=O) groups is 2. The van der Waals surface area contributed by atoms with Crippen molar-refractivity contribution in [3.63, 3.8) is 0 Å². The third-order valence-electron chi connectivity index (χ3n) is 4.03. The van der Waals surface area contributed by atoms with E-state index in [4.69, 9.17) is 9.47 Å². The van der Waals surface area contributed by atoms with Gasteiger partial charge in [-0.05, 0) is 12.8 Å². The predicted molar refractivity (Wildman–Crippen MR) is 67.9 cm³/mol. The summed E-state index contributed by atoms with van der Waals surface area (Å²) in [5.41, 5.74) is 0. The predicted octanol–water partition coefficient (Wildman–Crippen LogP) is -1.08. The van der Waals surface area contributed by atoms with E-state index in [1.54, 1.807) is 4.90 Å². The summed E-state index contributed by atoms with van der Waals surface area (Å²) in [5.74, 6) is -1.51. The van der Waals surface area contributed by atoms with Gasteiger partial charge in [0.2, 0.25) is 0 Å². The summed E-state index contributed by atoms with van der Waals surface area (Å²) < 4.78 is 10.1. The molecular weight excluding hydrogens is 264 g/mol. The van der Waals surface area contributed by atoms with Gasteiger partial charge in [0.15, 0.2) is 0 Å². The molecular formula is C13H21N2O5-. The van der Waals surface area contributed by atoms with E-state index < -0.39 is 11.9 Å². The maximum atomic E-state index is 11.8. The molecule has 2 aliphatic heterocycles. The number of hydrogen-bond donors (Lipinski definition) is 0. The van der Waals surface area contributed by atoms with E-state index in [1.165, 1.54) is 7.11 Å². The van der Waals surface area contributed by atoms with Crippen molar-refractivity contribution < 1.29 is 24.2 Å². The lowest BCUT2D eigenvalue weighted by Crippen LogP contribution is -2.54. The average molecular weight is 285 g/mol. The Kier molecular flexibility index (Phi) is 5.19. The van der Waals surface area contributed by atoms with Crippen molar-refractivity contribution in [3.05, 3.63) is 0 Å². The Morgan fingerprint density at radius 1 is 1.30 bits per heavy atom. The second kappa shape index (κ2) is 6.90. The first-order valence-electron chi connectivity index (χ1n) is 6.97. The molecule has 2 atom stereocenters. The summed E-state index contributed by atoms with van der Waals surface area (Å²) in [7, 11) is 1.35. The topological polar surface area (TPSA) is 82.1 Å². The highest BCUT2D eigenvalue weighted by Gasteiger charge is 2.34. The summed E-state index contributed by atoms with van der Waals surface area (Å²) in [5, 5.41) is 11.1. The molecule has 0 radical (unpaired) electrons. The molecule has 0 N–H and O–H groups in total. The number of carboxylic acid groups (broad SMARTS) is 1. The molecule has 0 spiro atoms. The number of carboxylic acids is 1. The summed E-state index contributed by atoms with van der Waals surface area (Å²) >= 11 is 0. The summed E-state index contributed by atoms with van der Waals surface area (Å²) in [6, 6.07) is -0.141. The van der Waals surface area contributed by atoms with Crippen LogP contribution in [0.1, 0.15) is 12.8 Å². The molecule has 0 aliphatic carbocycles. The van der Waals surface area contributed by atoms with Crippen LogP contribution in [0.4, 0.5) is 4.79 Å². The number of rotatable bonds is 3. The number of morpholine rings is 1. The molecule has 20 heavy (non-hydrogen) atoms. The number of amides is 1. The van der Waals surface area contributed by atoms with Crippen LogP contribution >= 0.6 is 0 Å². The zero-order valence-electron chi connectivity index (χ0n) is 11.7.